The maximum absolute atomic E-state index is 12.8. The molecular weight excluding hydrogens is 414 g/mol. The number of benzene rings is 2. The smallest absolute Gasteiger partial charge is 0.262 e. The number of nitrogens with zero attached hydrogens (tertiary/aromatic N) is 2. The summed E-state index contributed by atoms with van der Waals surface area (Å²) in [5, 5.41) is 1.26. The van der Waals surface area contributed by atoms with Gasteiger partial charge in [-0.2, -0.15) is 0 Å². The molecule has 2 heterocycles. The molecule has 0 unspecified atom stereocenters. The van der Waals surface area contributed by atoms with Crippen molar-refractivity contribution in [3.8, 4) is 10.6 Å². The third-order valence-electron chi connectivity index (χ3n) is 4.39. The summed E-state index contributed by atoms with van der Waals surface area (Å²) in [5.74, 6) is 0. The lowest BCUT2D eigenvalue weighted by Crippen LogP contribution is -2.15. The third kappa shape index (κ3) is 3.48. The molecule has 0 amide bonds. The van der Waals surface area contributed by atoms with Crippen LogP contribution in [0, 0.1) is 13.8 Å². The molecule has 142 valence electrons. The fourth-order valence-electron chi connectivity index (χ4n) is 2.88. The Kier molecular flexibility index (Phi) is 4.82. The minimum absolute atomic E-state index is 0.167. The van der Waals surface area contributed by atoms with Gasteiger partial charge in [-0.1, -0.05) is 29.0 Å². The first-order valence-electron chi connectivity index (χ1n) is 8.46. The number of anilines is 1. The second kappa shape index (κ2) is 7.16. The van der Waals surface area contributed by atoms with Crippen molar-refractivity contribution < 1.29 is 8.42 Å². The largest absolute Gasteiger partial charge is 0.279 e. The molecule has 0 radical (unpaired) electrons. The number of halogens is 1. The number of hydrogen-bond donors (Lipinski definition) is 1. The topological polar surface area (TPSA) is 72.0 Å². The number of aromatic nitrogens is 2. The van der Waals surface area contributed by atoms with E-state index in [0.717, 1.165) is 26.5 Å². The highest BCUT2D eigenvalue weighted by Gasteiger charge is 2.19. The molecule has 0 saturated carbocycles. The van der Waals surface area contributed by atoms with Crippen LogP contribution in [0.1, 0.15) is 11.1 Å². The van der Waals surface area contributed by atoms with Crippen LogP contribution in [-0.4, -0.2) is 18.4 Å². The lowest BCUT2D eigenvalue weighted by molar-refractivity contribution is 0.600. The first-order chi connectivity index (χ1) is 13.3. The minimum Gasteiger partial charge on any atom is -0.279 e. The number of nitrogens with one attached hydrogen (secondary N) is 1. The number of thiazole rings is 1. The van der Waals surface area contributed by atoms with Gasteiger partial charge in [0.15, 0.2) is 0 Å². The molecular formula is C20H16ClN3O2S2. The lowest BCUT2D eigenvalue weighted by atomic mass is 10.1. The SMILES string of the molecule is Cc1cc(-c2nc3cccnc3s2)ccc1NS(=O)(=O)c1cccc(Cl)c1C. The standard InChI is InChI=1S/C20H16ClN3O2S2/c1-12-11-14(19-23-17-6-4-10-22-20(17)27-19)8-9-16(12)24-28(25,26)18-7-3-5-15(21)13(18)2/h3-11,24H,1-2H3. The normalized spacial score (nSPS) is 11.7. The number of aryl methyl sites for hydroxylation is 1. The number of hydrogen-bond acceptors (Lipinski definition) is 5. The zero-order valence-electron chi connectivity index (χ0n) is 15.1. The monoisotopic (exact) mass is 429 g/mol. The van der Waals surface area contributed by atoms with Gasteiger partial charge in [-0.3, -0.25) is 4.72 Å². The van der Waals surface area contributed by atoms with Gasteiger partial charge < -0.3 is 0 Å². The minimum atomic E-state index is -3.74. The Balaban J connectivity index is 1.67. The van der Waals surface area contributed by atoms with E-state index in [1.807, 2.05) is 31.2 Å². The summed E-state index contributed by atoms with van der Waals surface area (Å²) in [6, 6.07) is 14.1. The fraction of sp³-hybridized carbons (Fsp3) is 0.100. The van der Waals surface area contributed by atoms with Gasteiger partial charge in [0.2, 0.25) is 0 Å². The van der Waals surface area contributed by atoms with E-state index in [1.165, 1.54) is 11.3 Å². The molecule has 1 N–H and O–H groups in total. The van der Waals surface area contributed by atoms with Crippen LogP contribution in [0.3, 0.4) is 0 Å². The Bertz CT molecular complexity index is 1270. The van der Waals surface area contributed by atoms with E-state index < -0.39 is 10.0 Å². The molecule has 0 aliphatic rings. The average Bonchev–Trinajstić information content (AvgIpc) is 3.09. The van der Waals surface area contributed by atoms with E-state index >= 15 is 0 Å². The van der Waals surface area contributed by atoms with Crippen LogP contribution >= 0.6 is 22.9 Å². The Hall–Kier alpha value is -2.48. The Morgan fingerprint density at radius 2 is 1.89 bits per heavy atom. The summed E-state index contributed by atoms with van der Waals surface area (Å²) in [7, 11) is -3.74. The maximum atomic E-state index is 12.8. The molecule has 28 heavy (non-hydrogen) atoms. The second-order valence-corrected chi connectivity index (χ2v) is 9.38. The summed E-state index contributed by atoms with van der Waals surface area (Å²) in [5.41, 5.74) is 3.60. The zero-order valence-corrected chi connectivity index (χ0v) is 17.5. The predicted molar refractivity (Wildman–Crippen MR) is 115 cm³/mol. The van der Waals surface area contributed by atoms with Gasteiger partial charge in [-0.05, 0) is 67.4 Å². The maximum Gasteiger partial charge on any atom is 0.262 e. The molecule has 0 aliphatic heterocycles. The van der Waals surface area contributed by atoms with Gasteiger partial charge in [0.05, 0.1) is 10.6 Å². The average molecular weight is 430 g/mol. The molecule has 4 aromatic rings. The molecule has 5 nitrogen and oxygen atoms in total. The van der Waals surface area contributed by atoms with E-state index in [0.29, 0.717) is 16.3 Å². The van der Waals surface area contributed by atoms with Crippen molar-refractivity contribution in [2.75, 3.05) is 4.72 Å². The van der Waals surface area contributed by atoms with Gasteiger partial charge in [0.25, 0.3) is 10.0 Å². The van der Waals surface area contributed by atoms with Crippen LogP contribution in [0.4, 0.5) is 5.69 Å². The first-order valence-corrected chi connectivity index (χ1v) is 11.1. The molecule has 2 aromatic carbocycles. The molecule has 0 spiro atoms. The summed E-state index contributed by atoms with van der Waals surface area (Å²) < 4.78 is 28.3. The van der Waals surface area contributed by atoms with Crippen LogP contribution < -0.4 is 4.72 Å². The van der Waals surface area contributed by atoms with E-state index in [1.54, 1.807) is 37.4 Å². The molecule has 0 atom stereocenters. The van der Waals surface area contributed by atoms with Gasteiger partial charge in [0, 0.05) is 16.8 Å². The van der Waals surface area contributed by atoms with E-state index in [9.17, 15) is 8.42 Å². The fourth-order valence-corrected chi connectivity index (χ4v) is 5.42. The number of sulfonamides is 1. The van der Waals surface area contributed by atoms with Crippen molar-refractivity contribution in [1.29, 1.82) is 0 Å². The zero-order chi connectivity index (χ0) is 19.9. The van der Waals surface area contributed by atoms with E-state index in [4.69, 9.17) is 11.6 Å². The Labute approximate surface area is 172 Å². The summed E-state index contributed by atoms with van der Waals surface area (Å²) in [4.78, 5) is 9.96. The van der Waals surface area contributed by atoms with Crippen LogP contribution in [0.5, 0.6) is 0 Å². The van der Waals surface area contributed by atoms with Crippen LogP contribution in [0.15, 0.2) is 59.6 Å². The van der Waals surface area contributed by atoms with Gasteiger partial charge in [0.1, 0.15) is 15.4 Å². The van der Waals surface area contributed by atoms with Gasteiger partial charge >= 0.3 is 0 Å². The number of fused-ring (bicyclic) bond motifs is 1. The van der Waals surface area contributed by atoms with Gasteiger partial charge in [-0.25, -0.2) is 18.4 Å². The van der Waals surface area contributed by atoms with Crippen molar-refractivity contribution in [2.45, 2.75) is 18.7 Å². The Morgan fingerprint density at radius 1 is 1.07 bits per heavy atom. The molecule has 4 rings (SSSR count). The molecule has 2 aromatic heterocycles. The van der Waals surface area contributed by atoms with Crippen LogP contribution in [0.2, 0.25) is 5.02 Å². The van der Waals surface area contributed by atoms with Crippen LogP contribution in [-0.2, 0) is 10.0 Å². The van der Waals surface area contributed by atoms with Crippen molar-refractivity contribution in [3.63, 3.8) is 0 Å². The summed E-state index contributed by atoms with van der Waals surface area (Å²) in [6.07, 6.45) is 1.74. The summed E-state index contributed by atoms with van der Waals surface area (Å²) >= 11 is 7.58. The van der Waals surface area contributed by atoms with Gasteiger partial charge in [-0.15, -0.1) is 0 Å². The van der Waals surface area contributed by atoms with Crippen molar-refractivity contribution in [1.82, 2.24) is 9.97 Å². The third-order valence-corrected chi connectivity index (χ3v) is 7.34. The molecule has 0 saturated heterocycles. The summed E-state index contributed by atoms with van der Waals surface area (Å²) in [6.45, 7) is 3.55. The van der Waals surface area contributed by atoms with E-state index in [2.05, 4.69) is 14.7 Å². The highest BCUT2D eigenvalue weighted by Crippen LogP contribution is 2.32. The molecule has 0 aliphatic carbocycles. The van der Waals surface area contributed by atoms with E-state index in [-0.39, 0.29) is 4.90 Å². The molecule has 0 fully saturated rings. The molecule has 8 heteroatoms. The lowest BCUT2D eigenvalue weighted by Gasteiger charge is -2.13. The Morgan fingerprint density at radius 3 is 2.64 bits per heavy atom. The van der Waals surface area contributed by atoms with Crippen molar-refractivity contribution >= 4 is 49.0 Å². The number of rotatable bonds is 4. The quantitative estimate of drug-likeness (QED) is 0.469. The predicted octanol–water partition coefficient (Wildman–Crippen LogP) is 5.43. The molecule has 0 bridgehead atoms. The highest BCUT2D eigenvalue weighted by molar-refractivity contribution is 7.92. The van der Waals surface area contributed by atoms with Crippen molar-refractivity contribution in [3.05, 3.63) is 70.9 Å². The number of pyridine rings is 1. The van der Waals surface area contributed by atoms with Crippen molar-refractivity contribution in [2.24, 2.45) is 0 Å². The van der Waals surface area contributed by atoms with Crippen LogP contribution in [0.25, 0.3) is 20.9 Å². The second-order valence-electron chi connectivity index (χ2n) is 6.34. The first kappa shape index (κ1) is 18.9. The highest BCUT2D eigenvalue weighted by atomic mass is 35.5.